The Labute approximate surface area is 96.6 Å². The van der Waals surface area contributed by atoms with Crippen LogP contribution in [0.2, 0.25) is 0 Å². The first-order valence-corrected chi connectivity index (χ1v) is 3.96. The van der Waals surface area contributed by atoms with Crippen LogP contribution in [0.1, 0.15) is 5.56 Å². The Balaban J connectivity index is 0. The van der Waals surface area contributed by atoms with Gasteiger partial charge in [-0.05, 0) is 6.92 Å². The van der Waals surface area contributed by atoms with Crippen LogP contribution in [-0.2, 0) is 11.4 Å². The molecule has 0 amide bonds. The van der Waals surface area contributed by atoms with Crippen LogP contribution in [0.3, 0.4) is 0 Å². The van der Waals surface area contributed by atoms with Crippen LogP contribution < -0.4 is 29.6 Å². The largest absolute Gasteiger partial charge is 1.00 e. The third-order valence-electron chi connectivity index (χ3n) is 0.940. The average Bonchev–Trinajstić information content (AvgIpc) is 1.87. The quantitative estimate of drug-likeness (QED) is 0.399. The maximum absolute atomic E-state index is 8.56. The first-order valence-electron chi connectivity index (χ1n) is 2.93. The van der Waals surface area contributed by atoms with Gasteiger partial charge in [-0.2, -0.15) is 0 Å². The summed E-state index contributed by atoms with van der Waals surface area (Å²) in [4.78, 5) is 0. The molecule has 0 aliphatic carbocycles. The Morgan fingerprint density at radius 3 is 1.83 bits per heavy atom. The minimum atomic E-state index is -2.86. The van der Waals surface area contributed by atoms with Gasteiger partial charge in [-0.15, -0.1) is 0 Å². The second-order valence-corrected chi connectivity index (χ2v) is 2.31. The van der Waals surface area contributed by atoms with E-state index in [0.29, 0.717) is 0 Å². The standard InChI is InChI=1S/C7H8.Na.H2O3S/c1-7-5-3-2-4-6-7;;1-4(2)3/h2-6H,1H3;;(H2,1,2,3)/q;+1;/p-1. The molecule has 0 aliphatic rings. The maximum Gasteiger partial charge on any atom is 1.00 e. The summed E-state index contributed by atoms with van der Waals surface area (Å²) < 4.78 is 24.1. The van der Waals surface area contributed by atoms with Gasteiger partial charge in [0.15, 0.2) is 0 Å². The van der Waals surface area contributed by atoms with Crippen molar-refractivity contribution >= 4 is 11.4 Å². The molecule has 0 fully saturated rings. The van der Waals surface area contributed by atoms with Crippen LogP contribution in [0.25, 0.3) is 0 Å². The van der Waals surface area contributed by atoms with E-state index in [9.17, 15) is 0 Å². The number of benzene rings is 1. The molecule has 3 nitrogen and oxygen atoms in total. The first kappa shape index (κ1) is 14.8. The number of hydrogen-bond acceptors (Lipinski definition) is 2. The summed E-state index contributed by atoms with van der Waals surface area (Å²) in [5, 5.41) is 0. The predicted molar refractivity (Wildman–Crippen MR) is 42.7 cm³/mol. The molecular weight excluding hydrogens is 187 g/mol. The molecule has 0 radical (unpaired) electrons. The SMILES string of the molecule is Cc1ccccc1.O=S([O-])O.[Na+]. The average molecular weight is 196 g/mol. The van der Waals surface area contributed by atoms with Crippen molar-refractivity contribution in [2.75, 3.05) is 0 Å². The molecule has 0 spiro atoms. The number of aryl methyl sites for hydroxylation is 1. The van der Waals surface area contributed by atoms with E-state index in [1.165, 1.54) is 5.56 Å². The molecule has 0 aliphatic heterocycles. The van der Waals surface area contributed by atoms with E-state index in [1.54, 1.807) is 0 Å². The molecule has 62 valence electrons. The Kier molecular flexibility index (Phi) is 11.6. The second kappa shape index (κ2) is 9.38. The molecule has 1 unspecified atom stereocenters. The van der Waals surface area contributed by atoms with Crippen molar-refractivity contribution < 1.29 is 42.9 Å². The molecular formula is C7H9NaO3S. The van der Waals surface area contributed by atoms with Gasteiger partial charge in [0, 0.05) is 0 Å². The van der Waals surface area contributed by atoms with Crippen molar-refractivity contribution in [1.82, 2.24) is 0 Å². The molecule has 5 heteroatoms. The Morgan fingerprint density at radius 1 is 1.33 bits per heavy atom. The Morgan fingerprint density at radius 2 is 1.67 bits per heavy atom. The maximum atomic E-state index is 8.56. The van der Waals surface area contributed by atoms with E-state index in [-0.39, 0.29) is 29.6 Å². The predicted octanol–water partition coefficient (Wildman–Crippen LogP) is -1.66. The van der Waals surface area contributed by atoms with Crippen LogP contribution in [0, 0.1) is 6.92 Å². The van der Waals surface area contributed by atoms with Crippen molar-refractivity contribution in [1.29, 1.82) is 0 Å². The van der Waals surface area contributed by atoms with E-state index < -0.39 is 11.4 Å². The summed E-state index contributed by atoms with van der Waals surface area (Å²) in [6, 6.07) is 10.3. The Bertz CT molecular complexity index is 211. The van der Waals surface area contributed by atoms with Gasteiger partial charge in [0.1, 0.15) is 0 Å². The molecule has 1 rings (SSSR count). The minimum absolute atomic E-state index is 0. The van der Waals surface area contributed by atoms with Gasteiger partial charge >= 0.3 is 29.6 Å². The van der Waals surface area contributed by atoms with Gasteiger partial charge in [0.05, 0.1) is 11.4 Å². The fraction of sp³-hybridized carbons (Fsp3) is 0.143. The summed E-state index contributed by atoms with van der Waals surface area (Å²) in [5.41, 5.74) is 1.32. The van der Waals surface area contributed by atoms with Crippen molar-refractivity contribution in [3.8, 4) is 0 Å². The molecule has 1 atom stereocenters. The van der Waals surface area contributed by atoms with Gasteiger partial charge < -0.3 is 9.11 Å². The van der Waals surface area contributed by atoms with Crippen LogP contribution in [0.4, 0.5) is 0 Å². The smallest absolute Gasteiger partial charge is 0.750 e. The summed E-state index contributed by atoms with van der Waals surface area (Å²) in [5.74, 6) is 0. The van der Waals surface area contributed by atoms with Gasteiger partial charge in [-0.25, -0.2) is 4.21 Å². The molecule has 0 bridgehead atoms. The zero-order valence-electron chi connectivity index (χ0n) is 7.06. The van der Waals surface area contributed by atoms with E-state index in [2.05, 4.69) is 19.1 Å². The second-order valence-electron chi connectivity index (χ2n) is 1.87. The van der Waals surface area contributed by atoms with E-state index in [1.807, 2.05) is 18.2 Å². The molecule has 1 aromatic carbocycles. The first-order chi connectivity index (χ1) is 5.13. The van der Waals surface area contributed by atoms with E-state index in [0.717, 1.165) is 0 Å². The topological polar surface area (TPSA) is 60.4 Å². The van der Waals surface area contributed by atoms with Crippen molar-refractivity contribution in [2.45, 2.75) is 6.92 Å². The van der Waals surface area contributed by atoms with E-state index >= 15 is 0 Å². The minimum Gasteiger partial charge on any atom is -0.750 e. The van der Waals surface area contributed by atoms with Gasteiger partial charge in [0.2, 0.25) is 0 Å². The third kappa shape index (κ3) is 12.9. The molecule has 1 N–H and O–H groups in total. The zero-order chi connectivity index (χ0) is 8.69. The summed E-state index contributed by atoms with van der Waals surface area (Å²) in [6.45, 7) is 2.08. The van der Waals surface area contributed by atoms with Crippen LogP contribution in [-0.4, -0.2) is 13.3 Å². The molecule has 1 aromatic rings. The van der Waals surface area contributed by atoms with Gasteiger partial charge in [-0.3, -0.25) is 0 Å². The molecule has 0 saturated carbocycles. The van der Waals surface area contributed by atoms with Crippen LogP contribution in [0.15, 0.2) is 30.3 Å². The zero-order valence-corrected chi connectivity index (χ0v) is 9.88. The fourth-order valence-corrected chi connectivity index (χ4v) is 0.534. The van der Waals surface area contributed by atoms with Crippen molar-refractivity contribution in [3.05, 3.63) is 35.9 Å². The number of rotatable bonds is 0. The number of hydrogen-bond donors (Lipinski definition) is 1. The summed E-state index contributed by atoms with van der Waals surface area (Å²) >= 11 is -2.86. The summed E-state index contributed by atoms with van der Waals surface area (Å²) in [6.07, 6.45) is 0. The third-order valence-corrected chi connectivity index (χ3v) is 0.940. The summed E-state index contributed by atoms with van der Waals surface area (Å²) in [7, 11) is 0. The fourth-order valence-electron chi connectivity index (χ4n) is 0.534. The molecule has 0 saturated heterocycles. The Hall–Kier alpha value is 0.290. The van der Waals surface area contributed by atoms with Gasteiger partial charge in [-0.1, -0.05) is 35.9 Å². The normalized spacial score (nSPS) is 10.2. The van der Waals surface area contributed by atoms with Crippen molar-refractivity contribution in [3.63, 3.8) is 0 Å². The molecule has 0 heterocycles. The van der Waals surface area contributed by atoms with Crippen LogP contribution in [0.5, 0.6) is 0 Å². The molecule has 0 aromatic heterocycles. The van der Waals surface area contributed by atoms with E-state index in [4.69, 9.17) is 13.3 Å². The van der Waals surface area contributed by atoms with Crippen LogP contribution >= 0.6 is 0 Å². The monoisotopic (exact) mass is 196 g/mol. The van der Waals surface area contributed by atoms with Crippen molar-refractivity contribution in [2.24, 2.45) is 0 Å². The van der Waals surface area contributed by atoms with Gasteiger partial charge in [0.25, 0.3) is 0 Å². The molecule has 12 heavy (non-hydrogen) atoms.